The van der Waals surface area contributed by atoms with Crippen LogP contribution in [0.2, 0.25) is 5.15 Å². The van der Waals surface area contributed by atoms with Crippen molar-refractivity contribution in [2.45, 2.75) is 18.6 Å². The van der Waals surface area contributed by atoms with Crippen molar-refractivity contribution in [2.24, 2.45) is 5.73 Å². The smallest absolute Gasteiger partial charge is 0.220 e. The van der Waals surface area contributed by atoms with Crippen molar-refractivity contribution >= 4 is 28.5 Å². The zero-order chi connectivity index (χ0) is 13.3. The number of fused-ring (bicyclic) bond motifs is 1. The van der Waals surface area contributed by atoms with Gasteiger partial charge in [-0.2, -0.15) is 0 Å². The molecule has 2 atom stereocenters. The first-order valence-corrected chi connectivity index (χ1v) is 5.50. The Balaban J connectivity index is 2.36. The summed E-state index contributed by atoms with van der Waals surface area (Å²) < 4.78 is 0. The summed E-state index contributed by atoms with van der Waals surface area (Å²) in [6.45, 7) is 0. The number of hydrogen-bond donors (Lipinski definition) is 4. The van der Waals surface area contributed by atoms with Crippen LogP contribution in [0.5, 0.6) is 0 Å². The first kappa shape index (κ1) is 12.7. The third-order valence-electron chi connectivity index (χ3n) is 2.54. The van der Waals surface area contributed by atoms with Gasteiger partial charge in [0.2, 0.25) is 5.91 Å². The standard InChI is InChI=1S/C10H11ClN4O3/c11-10-8-7(14-3-15-10)4(2-13-8)9(18)5(16)1-6(12)17/h2-3,5,9,13,16,18H,1H2,(H2,12,17). The van der Waals surface area contributed by atoms with E-state index in [4.69, 9.17) is 17.3 Å². The fourth-order valence-electron chi connectivity index (χ4n) is 1.68. The van der Waals surface area contributed by atoms with Crippen LogP contribution < -0.4 is 5.73 Å². The van der Waals surface area contributed by atoms with Gasteiger partial charge in [0.15, 0.2) is 5.15 Å². The van der Waals surface area contributed by atoms with E-state index in [9.17, 15) is 15.0 Å². The van der Waals surface area contributed by atoms with E-state index in [0.29, 0.717) is 16.6 Å². The number of nitrogens with two attached hydrogens (primary N) is 1. The van der Waals surface area contributed by atoms with E-state index in [1.807, 2.05) is 0 Å². The summed E-state index contributed by atoms with van der Waals surface area (Å²) in [5.74, 6) is -0.700. The fraction of sp³-hybridized carbons (Fsp3) is 0.300. The Bertz CT molecular complexity index is 586. The number of aliphatic hydroxyl groups excluding tert-OH is 2. The SMILES string of the molecule is NC(=O)CC(O)C(O)c1c[nH]c2c(Cl)ncnc12. The van der Waals surface area contributed by atoms with Gasteiger partial charge in [0.1, 0.15) is 17.9 Å². The molecule has 0 aliphatic carbocycles. The van der Waals surface area contributed by atoms with Gasteiger partial charge in [0.05, 0.1) is 18.0 Å². The molecule has 8 heteroatoms. The highest BCUT2D eigenvalue weighted by molar-refractivity contribution is 6.33. The molecular weight excluding hydrogens is 260 g/mol. The van der Waals surface area contributed by atoms with Gasteiger partial charge in [0, 0.05) is 11.8 Å². The molecule has 2 unspecified atom stereocenters. The van der Waals surface area contributed by atoms with Gasteiger partial charge in [-0.05, 0) is 0 Å². The average molecular weight is 271 g/mol. The van der Waals surface area contributed by atoms with Crippen LogP contribution in [-0.4, -0.2) is 37.2 Å². The normalized spacial score (nSPS) is 14.6. The number of carbonyl (C=O) groups excluding carboxylic acids is 1. The van der Waals surface area contributed by atoms with Crippen LogP contribution in [-0.2, 0) is 4.79 Å². The maximum absolute atomic E-state index is 10.7. The quantitative estimate of drug-likeness (QED) is 0.577. The number of carbonyl (C=O) groups is 1. The van der Waals surface area contributed by atoms with Crippen LogP contribution in [0.4, 0.5) is 0 Å². The predicted molar refractivity (Wildman–Crippen MR) is 63.7 cm³/mol. The Morgan fingerprint density at radius 1 is 1.50 bits per heavy atom. The van der Waals surface area contributed by atoms with Crippen molar-refractivity contribution in [1.29, 1.82) is 0 Å². The second-order valence-electron chi connectivity index (χ2n) is 3.81. The molecule has 0 spiro atoms. The van der Waals surface area contributed by atoms with E-state index >= 15 is 0 Å². The lowest BCUT2D eigenvalue weighted by molar-refractivity contribution is -0.121. The molecule has 0 aromatic carbocycles. The van der Waals surface area contributed by atoms with Gasteiger partial charge in [-0.3, -0.25) is 4.79 Å². The third kappa shape index (κ3) is 2.28. The summed E-state index contributed by atoms with van der Waals surface area (Å²) in [6.07, 6.45) is -0.213. The number of halogens is 1. The van der Waals surface area contributed by atoms with Crippen LogP contribution in [0.1, 0.15) is 18.1 Å². The number of hydrogen-bond acceptors (Lipinski definition) is 5. The van der Waals surface area contributed by atoms with Crippen LogP contribution in [0.25, 0.3) is 11.0 Å². The first-order valence-electron chi connectivity index (χ1n) is 5.12. The van der Waals surface area contributed by atoms with E-state index in [-0.39, 0.29) is 11.6 Å². The number of aliphatic hydroxyl groups is 2. The third-order valence-corrected chi connectivity index (χ3v) is 2.83. The highest BCUT2D eigenvalue weighted by atomic mass is 35.5. The molecule has 96 valence electrons. The van der Waals surface area contributed by atoms with E-state index < -0.39 is 18.1 Å². The molecule has 18 heavy (non-hydrogen) atoms. The molecule has 0 radical (unpaired) electrons. The summed E-state index contributed by atoms with van der Waals surface area (Å²) in [5, 5.41) is 19.8. The molecule has 0 saturated heterocycles. The molecule has 0 bridgehead atoms. The number of rotatable bonds is 4. The second kappa shape index (κ2) is 4.89. The second-order valence-corrected chi connectivity index (χ2v) is 4.17. The van der Waals surface area contributed by atoms with Gasteiger partial charge in [0.25, 0.3) is 0 Å². The molecule has 2 aromatic heterocycles. The van der Waals surface area contributed by atoms with Crippen molar-refractivity contribution in [1.82, 2.24) is 15.0 Å². The maximum Gasteiger partial charge on any atom is 0.220 e. The van der Waals surface area contributed by atoms with E-state index in [0.717, 1.165) is 0 Å². The molecule has 0 fully saturated rings. The number of primary amides is 1. The summed E-state index contributed by atoms with van der Waals surface area (Å²) >= 11 is 5.84. The van der Waals surface area contributed by atoms with E-state index in [2.05, 4.69) is 15.0 Å². The molecular formula is C10H11ClN4O3. The molecule has 2 heterocycles. The summed E-state index contributed by atoms with van der Waals surface area (Å²) in [5.41, 5.74) is 6.15. The lowest BCUT2D eigenvalue weighted by Gasteiger charge is -2.15. The highest BCUT2D eigenvalue weighted by Gasteiger charge is 2.24. The minimum absolute atomic E-state index is 0.211. The monoisotopic (exact) mass is 270 g/mol. The Kier molecular flexibility index (Phi) is 3.46. The first-order chi connectivity index (χ1) is 8.50. The molecule has 2 rings (SSSR count). The number of nitrogens with one attached hydrogen (secondary N) is 1. The summed E-state index contributed by atoms with van der Waals surface area (Å²) in [6, 6.07) is 0. The van der Waals surface area contributed by atoms with Gasteiger partial charge in [-0.15, -0.1) is 0 Å². The Hall–Kier alpha value is -1.70. The van der Waals surface area contributed by atoms with Crippen molar-refractivity contribution in [3.63, 3.8) is 0 Å². The van der Waals surface area contributed by atoms with E-state index in [1.54, 1.807) is 0 Å². The lowest BCUT2D eigenvalue weighted by atomic mass is 10.0. The molecule has 2 aromatic rings. The molecule has 0 aliphatic rings. The number of aromatic nitrogens is 3. The molecule has 0 saturated carbocycles. The average Bonchev–Trinajstić information content (AvgIpc) is 2.72. The van der Waals surface area contributed by atoms with Gasteiger partial charge < -0.3 is 20.9 Å². The number of aromatic amines is 1. The zero-order valence-electron chi connectivity index (χ0n) is 9.17. The highest BCUT2D eigenvalue weighted by Crippen LogP contribution is 2.28. The molecule has 7 nitrogen and oxygen atoms in total. The zero-order valence-corrected chi connectivity index (χ0v) is 9.92. The number of amides is 1. The largest absolute Gasteiger partial charge is 0.390 e. The molecule has 1 amide bonds. The maximum atomic E-state index is 10.7. The van der Waals surface area contributed by atoms with Crippen LogP contribution in [0.15, 0.2) is 12.5 Å². The van der Waals surface area contributed by atoms with Crippen LogP contribution in [0, 0.1) is 0 Å². The van der Waals surface area contributed by atoms with Crippen molar-refractivity contribution in [3.8, 4) is 0 Å². The predicted octanol–water partition coefficient (Wildman–Crippen LogP) is -0.119. The minimum Gasteiger partial charge on any atom is -0.390 e. The summed E-state index contributed by atoms with van der Waals surface area (Å²) in [7, 11) is 0. The van der Waals surface area contributed by atoms with Crippen LogP contribution in [0.3, 0.4) is 0 Å². The topological polar surface area (TPSA) is 125 Å². The Morgan fingerprint density at radius 2 is 2.22 bits per heavy atom. The van der Waals surface area contributed by atoms with Gasteiger partial charge >= 0.3 is 0 Å². The van der Waals surface area contributed by atoms with Crippen LogP contribution >= 0.6 is 11.6 Å². The van der Waals surface area contributed by atoms with Crippen molar-refractivity contribution in [3.05, 3.63) is 23.2 Å². The van der Waals surface area contributed by atoms with Crippen molar-refractivity contribution < 1.29 is 15.0 Å². The Morgan fingerprint density at radius 3 is 2.89 bits per heavy atom. The van der Waals surface area contributed by atoms with Gasteiger partial charge in [-0.1, -0.05) is 11.6 Å². The number of H-pyrrole nitrogens is 1. The fourth-order valence-corrected chi connectivity index (χ4v) is 1.87. The van der Waals surface area contributed by atoms with Gasteiger partial charge in [-0.25, -0.2) is 9.97 Å². The minimum atomic E-state index is -1.30. The Labute approximate surface area is 107 Å². The van der Waals surface area contributed by atoms with E-state index in [1.165, 1.54) is 12.5 Å². The van der Waals surface area contributed by atoms with Crippen molar-refractivity contribution in [2.75, 3.05) is 0 Å². The lowest BCUT2D eigenvalue weighted by Crippen LogP contribution is -2.25. The molecule has 0 aliphatic heterocycles. The molecule has 5 N–H and O–H groups in total. The summed E-state index contributed by atoms with van der Waals surface area (Å²) in [4.78, 5) is 21.2. The number of nitrogens with zero attached hydrogens (tertiary/aromatic N) is 2.